The smallest absolute Gasteiger partial charge is 0.312 e. The number of aliphatic hydroxyl groups is 1. The van der Waals surface area contributed by atoms with Crippen LogP contribution in [0.25, 0.3) is 5.65 Å². The predicted octanol–water partition coefficient (Wildman–Crippen LogP) is 2.33. The van der Waals surface area contributed by atoms with Gasteiger partial charge in [-0.25, -0.2) is 9.78 Å². The normalized spacial score (nSPS) is 15.1. The summed E-state index contributed by atoms with van der Waals surface area (Å²) in [7, 11) is 0. The number of ketones is 1. The molecule has 0 unspecified atom stereocenters. The van der Waals surface area contributed by atoms with Crippen LogP contribution >= 0.6 is 0 Å². The summed E-state index contributed by atoms with van der Waals surface area (Å²) in [4.78, 5) is 31.0. The van der Waals surface area contributed by atoms with E-state index in [1.165, 1.54) is 0 Å². The number of carbonyl (C=O) groups excluding carboxylic acids is 2. The molecule has 0 radical (unpaired) electrons. The second-order valence-electron chi connectivity index (χ2n) is 9.17. The molecule has 1 aliphatic rings. The van der Waals surface area contributed by atoms with Crippen LogP contribution in [-0.2, 0) is 12.0 Å². The van der Waals surface area contributed by atoms with E-state index in [0.29, 0.717) is 16.9 Å². The molecule has 4 N–H and O–H groups in total. The Hall–Kier alpha value is -3.46. The standard InChI is InChI=1S/C24H30N6O3/c1-15-12-21-26-19(13-20(31)16-4-6-17(7-5-16)24(2,3)33)14-22(30(21)28-15)29-10-8-18(9-11-29)27-23(25)32/h4-7,12,14,18,33H,8-11,13H2,1-3H3,(H3,25,27,32). The lowest BCUT2D eigenvalue weighted by atomic mass is 9.96. The monoisotopic (exact) mass is 450 g/mol. The molecule has 1 saturated heterocycles. The van der Waals surface area contributed by atoms with Gasteiger partial charge >= 0.3 is 6.03 Å². The van der Waals surface area contributed by atoms with E-state index in [2.05, 4.69) is 20.3 Å². The highest BCUT2D eigenvalue weighted by Crippen LogP contribution is 2.24. The molecular weight excluding hydrogens is 420 g/mol. The summed E-state index contributed by atoms with van der Waals surface area (Å²) in [5.74, 6) is 0.839. The van der Waals surface area contributed by atoms with E-state index in [1.54, 1.807) is 38.1 Å². The highest BCUT2D eigenvalue weighted by molar-refractivity contribution is 5.97. The molecule has 0 saturated carbocycles. The number of benzene rings is 1. The van der Waals surface area contributed by atoms with Crippen molar-refractivity contribution in [3.05, 3.63) is 58.9 Å². The van der Waals surface area contributed by atoms with E-state index in [-0.39, 0.29) is 18.2 Å². The van der Waals surface area contributed by atoms with Gasteiger partial charge in [0.2, 0.25) is 0 Å². The van der Waals surface area contributed by atoms with Crippen LogP contribution < -0.4 is 16.0 Å². The number of rotatable bonds is 6. The average molecular weight is 451 g/mol. The van der Waals surface area contributed by atoms with E-state index < -0.39 is 11.6 Å². The Balaban J connectivity index is 1.56. The number of primary amides is 1. The lowest BCUT2D eigenvalue weighted by Crippen LogP contribution is -2.46. The SMILES string of the molecule is Cc1cc2nc(CC(=O)c3ccc(C(C)(C)O)cc3)cc(N3CCC(NC(N)=O)CC3)n2n1. The maximum absolute atomic E-state index is 13.0. The van der Waals surface area contributed by atoms with Crippen LogP contribution in [0.4, 0.5) is 10.6 Å². The minimum atomic E-state index is -0.955. The molecule has 1 fully saturated rings. The number of Topliss-reactive ketones (excluding diaryl/α,β-unsaturated/α-hetero) is 1. The molecule has 3 heterocycles. The first-order valence-electron chi connectivity index (χ1n) is 11.1. The van der Waals surface area contributed by atoms with Gasteiger partial charge in [-0.3, -0.25) is 4.79 Å². The molecule has 0 aliphatic carbocycles. The Morgan fingerprint density at radius 2 is 1.85 bits per heavy atom. The Bertz CT molecular complexity index is 1170. The third-order valence-electron chi connectivity index (χ3n) is 6.00. The first kappa shape index (κ1) is 22.7. The first-order valence-corrected chi connectivity index (χ1v) is 11.1. The molecular formula is C24H30N6O3. The number of nitrogens with two attached hydrogens (primary N) is 1. The van der Waals surface area contributed by atoms with Gasteiger partial charge in [-0.2, -0.15) is 9.61 Å². The number of carbonyl (C=O) groups is 2. The zero-order chi connectivity index (χ0) is 23.8. The van der Waals surface area contributed by atoms with E-state index in [4.69, 9.17) is 5.73 Å². The van der Waals surface area contributed by atoms with Crippen molar-refractivity contribution in [1.82, 2.24) is 19.9 Å². The number of nitrogens with one attached hydrogen (secondary N) is 1. The average Bonchev–Trinajstić information content (AvgIpc) is 3.13. The van der Waals surface area contributed by atoms with E-state index in [0.717, 1.165) is 43.0 Å². The van der Waals surface area contributed by atoms with E-state index >= 15 is 0 Å². The number of aromatic nitrogens is 3. The predicted molar refractivity (Wildman–Crippen MR) is 125 cm³/mol. The largest absolute Gasteiger partial charge is 0.386 e. The number of nitrogens with zero attached hydrogens (tertiary/aromatic N) is 4. The zero-order valence-corrected chi connectivity index (χ0v) is 19.2. The molecule has 33 heavy (non-hydrogen) atoms. The van der Waals surface area contributed by atoms with Crippen molar-refractivity contribution in [3.63, 3.8) is 0 Å². The molecule has 174 valence electrons. The Morgan fingerprint density at radius 3 is 2.45 bits per heavy atom. The molecule has 1 aromatic carbocycles. The first-order chi connectivity index (χ1) is 15.6. The van der Waals surface area contributed by atoms with Crippen molar-refractivity contribution in [2.45, 2.75) is 51.7 Å². The summed E-state index contributed by atoms with van der Waals surface area (Å²) >= 11 is 0. The second-order valence-corrected chi connectivity index (χ2v) is 9.17. The Morgan fingerprint density at radius 1 is 1.18 bits per heavy atom. The van der Waals surface area contributed by atoms with Gasteiger partial charge in [0.05, 0.1) is 23.4 Å². The zero-order valence-electron chi connectivity index (χ0n) is 19.2. The number of urea groups is 1. The summed E-state index contributed by atoms with van der Waals surface area (Å²) in [5.41, 5.74) is 7.85. The van der Waals surface area contributed by atoms with Crippen LogP contribution in [-0.4, -0.2) is 50.7 Å². The van der Waals surface area contributed by atoms with Crippen LogP contribution in [0.5, 0.6) is 0 Å². The second kappa shape index (κ2) is 8.82. The molecule has 4 rings (SSSR count). The number of aryl methyl sites for hydroxylation is 1. The summed E-state index contributed by atoms with van der Waals surface area (Å²) in [6.07, 6.45) is 1.71. The van der Waals surface area contributed by atoms with Gasteiger partial charge in [-0.1, -0.05) is 24.3 Å². The number of piperidine rings is 1. The van der Waals surface area contributed by atoms with Gasteiger partial charge in [0.15, 0.2) is 11.4 Å². The maximum Gasteiger partial charge on any atom is 0.312 e. The molecule has 1 aliphatic heterocycles. The molecule has 3 aromatic rings. The molecule has 0 bridgehead atoms. The van der Waals surface area contributed by atoms with E-state index in [1.807, 2.05) is 23.6 Å². The minimum Gasteiger partial charge on any atom is -0.386 e. The molecule has 2 aromatic heterocycles. The van der Waals surface area contributed by atoms with Crippen LogP contribution in [0, 0.1) is 6.92 Å². The van der Waals surface area contributed by atoms with Gasteiger partial charge in [0, 0.05) is 36.8 Å². The fourth-order valence-corrected chi connectivity index (χ4v) is 4.22. The van der Waals surface area contributed by atoms with Crippen molar-refractivity contribution in [2.24, 2.45) is 5.73 Å². The third kappa shape index (κ3) is 5.14. The Kier molecular flexibility index (Phi) is 6.07. The van der Waals surface area contributed by atoms with Crippen molar-refractivity contribution in [2.75, 3.05) is 18.0 Å². The highest BCUT2D eigenvalue weighted by Gasteiger charge is 2.23. The number of hydrogen-bond acceptors (Lipinski definition) is 6. The molecule has 9 nitrogen and oxygen atoms in total. The third-order valence-corrected chi connectivity index (χ3v) is 6.00. The van der Waals surface area contributed by atoms with Crippen molar-refractivity contribution in [3.8, 4) is 0 Å². The van der Waals surface area contributed by atoms with Crippen LogP contribution in [0.2, 0.25) is 0 Å². The topological polar surface area (TPSA) is 126 Å². The fraction of sp³-hybridized carbons (Fsp3) is 0.417. The van der Waals surface area contributed by atoms with E-state index in [9.17, 15) is 14.7 Å². The van der Waals surface area contributed by atoms with Crippen molar-refractivity contribution >= 4 is 23.3 Å². The lowest BCUT2D eigenvalue weighted by Gasteiger charge is -2.33. The summed E-state index contributed by atoms with van der Waals surface area (Å²) in [6.45, 7) is 6.80. The molecule has 0 spiro atoms. The van der Waals surface area contributed by atoms with Crippen molar-refractivity contribution < 1.29 is 14.7 Å². The highest BCUT2D eigenvalue weighted by atomic mass is 16.3. The van der Waals surface area contributed by atoms with Gasteiger partial charge < -0.3 is 21.1 Å². The number of hydrogen-bond donors (Lipinski definition) is 3. The van der Waals surface area contributed by atoms with Gasteiger partial charge in [-0.15, -0.1) is 0 Å². The quantitative estimate of drug-likeness (QED) is 0.495. The molecule has 2 amide bonds. The number of anilines is 1. The van der Waals surface area contributed by atoms with Gasteiger partial charge in [-0.05, 0) is 39.2 Å². The van der Waals surface area contributed by atoms with Gasteiger partial charge in [0.25, 0.3) is 0 Å². The van der Waals surface area contributed by atoms with Gasteiger partial charge in [0.1, 0.15) is 5.82 Å². The summed E-state index contributed by atoms with van der Waals surface area (Å²) < 4.78 is 1.81. The molecule has 9 heteroatoms. The lowest BCUT2D eigenvalue weighted by molar-refractivity contribution is 0.0784. The number of amides is 2. The summed E-state index contributed by atoms with van der Waals surface area (Å²) in [5, 5.41) is 17.5. The fourth-order valence-electron chi connectivity index (χ4n) is 4.22. The maximum atomic E-state index is 13.0. The molecule has 0 atom stereocenters. The van der Waals surface area contributed by atoms with Crippen LogP contribution in [0.15, 0.2) is 36.4 Å². The number of fused-ring (bicyclic) bond motifs is 1. The Labute approximate surface area is 192 Å². The van der Waals surface area contributed by atoms with Crippen LogP contribution in [0.1, 0.15) is 54.0 Å². The van der Waals surface area contributed by atoms with Crippen LogP contribution in [0.3, 0.4) is 0 Å². The van der Waals surface area contributed by atoms with Crippen molar-refractivity contribution in [1.29, 1.82) is 0 Å². The summed E-state index contributed by atoms with van der Waals surface area (Å²) in [6, 6.07) is 10.4. The minimum absolute atomic E-state index is 0.0410.